The molecule has 0 saturated carbocycles. The number of nitrogens with one attached hydrogen (secondary N) is 1. The molecule has 0 radical (unpaired) electrons. The smallest absolute Gasteiger partial charge is 0.244 e. The molecule has 0 atom stereocenters. The highest BCUT2D eigenvalue weighted by molar-refractivity contribution is 7.89. The van der Waals surface area contributed by atoms with Crippen molar-refractivity contribution in [3.63, 3.8) is 0 Å². The molecule has 0 aliphatic rings. The van der Waals surface area contributed by atoms with Crippen LogP contribution in [0.1, 0.15) is 28.8 Å². The number of hydrogen-bond acceptors (Lipinski definition) is 6. The van der Waals surface area contributed by atoms with Gasteiger partial charge in [-0.05, 0) is 65.9 Å². The number of hydrogen-bond donors (Lipinski definition) is 1. The molecule has 29 heavy (non-hydrogen) atoms. The van der Waals surface area contributed by atoms with Crippen molar-refractivity contribution in [1.82, 2.24) is 14.2 Å². The second-order valence-electron chi connectivity index (χ2n) is 7.57. The normalized spacial score (nSPS) is 12.0. The Balaban J connectivity index is 2.29. The molecular formula is C20H30N4O3S2. The molecule has 1 aromatic carbocycles. The van der Waals surface area contributed by atoms with Crippen LogP contribution in [-0.4, -0.2) is 62.2 Å². The lowest BCUT2D eigenvalue weighted by atomic mass is 10.1. The SMILES string of the molecule is Cc1cc(C)c(S(=O)(=O)N(CCCN(C)C)CC(=O)Nc2nc(C)cs2)c(C)c1. The van der Waals surface area contributed by atoms with Crippen molar-refractivity contribution in [2.45, 2.75) is 39.0 Å². The van der Waals surface area contributed by atoms with Crippen molar-refractivity contribution >= 4 is 32.4 Å². The minimum atomic E-state index is -3.82. The minimum absolute atomic E-state index is 0.249. The van der Waals surface area contributed by atoms with Crippen LogP contribution in [0.2, 0.25) is 0 Å². The minimum Gasteiger partial charge on any atom is -0.309 e. The maximum atomic E-state index is 13.5. The first-order chi connectivity index (χ1) is 13.5. The fourth-order valence-corrected chi connectivity index (χ4v) is 5.83. The van der Waals surface area contributed by atoms with Gasteiger partial charge in [0.2, 0.25) is 15.9 Å². The van der Waals surface area contributed by atoms with Gasteiger partial charge in [-0.15, -0.1) is 11.3 Å². The van der Waals surface area contributed by atoms with Gasteiger partial charge in [-0.3, -0.25) is 4.79 Å². The summed E-state index contributed by atoms with van der Waals surface area (Å²) in [6.45, 7) is 8.11. The summed E-state index contributed by atoms with van der Waals surface area (Å²) in [7, 11) is 0.0480. The van der Waals surface area contributed by atoms with Crippen molar-refractivity contribution in [2.75, 3.05) is 39.0 Å². The Bertz CT molecular complexity index is 945. The maximum absolute atomic E-state index is 13.5. The van der Waals surface area contributed by atoms with Crippen molar-refractivity contribution in [1.29, 1.82) is 0 Å². The molecule has 0 unspecified atom stereocenters. The summed E-state index contributed by atoms with van der Waals surface area (Å²) in [4.78, 5) is 19.1. The van der Waals surface area contributed by atoms with Crippen LogP contribution in [-0.2, 0) is 14.8 Å². The highest BCUT2D eigenvalue weighted by Gasteiger charge is 2.29. The Morgan fingerprint density at radius 1 is 1.10 bits per heavy atom. The van der Waals surface area contributed by atoms with E-state index in [0.29, 0.717) is 22.7 Å². The summed E-state index contributed by atoms with van der Waals surface area (Å²) in [5.74, 6) is -0.393. The van der Waals surface area contributed by atoms with Gasteiger partial charge >= 0.3 is 0 Å². The molecular weight excluding hydrogens is 408 g/mol. The number of carbonyl (C=O) groups is 1. The van der Waals surface area contributed by atoms with Gasteiger partial charge in [0.25, 0.3) is 0 Å². The van der Waals surface area contributed by atoms with Crippen LogP contribution in [0.5, 0.6) is 0 Å². The summed E-state index contributed by atoms with van der Waals surface area (Å²) in [6.07, 6.45) is 0.625. The zero-order valence-electron chi connectivity index (χ0n) is 17.9. The van der Waals surface area contributed by atoms with Gasteiger partial charge in [-0.1, -0.05) is 17.7 Å². The molecule has 160 valence electrons. The first-order valence-corrected chi connectivity index (χ1v) is 11.8. The molecule has 0 saturated heterocycles. The van der Waals surface area contributed by atoms with E-state index < -0.39 is 15.9 Å². The highest BCUT2D eigenvalue weighted by atomic mass is 32.2. The third-order valence-corrected chi connectivity index (χ3v) is 7.43. The number of anilines is 1. The van der Waals surface area contributed by atoms with Gasteiger partial charge in [-0.2, -0.15) is 4.31 Å². The largest absolute Gasteiger partial charge is 0.309 e. The summed E-state index contributed by atoms with van der Waals surface area (Å²) in [5, 5.41) is 5.01. The fourth-order valence-electron chi connectivity index (χ4n) is 3.28. The quantitative estimate of drug-likeness (QED) is 0.651. The molecule has 2 rings (SSSR count). The molecule has 7 nitrogen and oxygen atoms in total. The Kier molecular flexibility index (Phi) is 7.93. The van der Waals surface area contributed by atoms with Gasteiger partial charge in [0, 0.05) is 11.9 Å². The topological polar surface area (TPSA) is 82.6 Å². The monoisotopic (exact) mass is 438 g/mol. The average Bonchev–Trinajstić information content (AvgIpc) is 2.97. The third-order valence-electron chi connectivity index (χ3n) is 4.40. The van der Waals surface area contributed by atoms with Gasteiger partial charge in [0.05, 0.1) is 17.1 Å². The van der Waals surface area contributed by atoms with Crippen molar-refractivity contribution in [3.8, 4) is 0 Å². The summed E-state index contributed by atoms with van der Waals surface area (Å²) in [6, 6.07) is 3.71. The van der Waals surface area contributed by atoms with Gasteiger partial charge in [0.1, 0.15) is 0 Å². The lowest BCUT2D eigenvalue weighted by molar-refractivity contribution is -0.116. The zero-order chi connectivity index (χ0) is 21.8. The Morgan fingerprint density at radius 2 is 1.72 bits per heavy atom. The standard InChI is InChI=1S/C20H30N4O3S2/c1-14-10-15(2)19(16(3)11-14)29(26,27)24(9-7-8-23(5)6)12-18(25)22-20-21-17(4)13-28-20/h10-11,13H,7-9,12H2,1-6H3,(H,21,22,25). The maximum Gasteiger partial charge on any atom is 0.244 e. The van der Waals surface area contributed by atoms with Crippen LogP contribution >= 0.6 is 11.3 Å². The van der Waals surface area contributed by atoms with E-state index in [1.54, 1.807) is 13.8 Å². The number of aryl methyl sites for hydroxylation is 4. The Hall–Kier alpha value is -1.81. The first-order valence-electron chi connectivity index (χ1n) is 9.45. The second-order valence-corrected chi connectivity index (χ2v) is 10.3. The average molecular weight is 439 g/mol. The molecule has 1 heterocycles. The van der Waals surface area contributed by atoms with E-state index in [9.17, 15) is 13.2 Å². The second kappa shape index (κ2) is 9.80. The molecule has 0 bridgehead atoms. The van der Waals surface area contributed by atoms with E-state index in [-0.39, 0.29) is 18.0 Å². The molecule has 0 aliphatic carbocycles. The predicted octanol–water partition coefficient (Wildman–Crippen LogP) is 2.96. The zero-order valence-corrected chi connectivity index (χ0v) is 19.6. The number of rotatable bonds is 9. The molecule has 1 aromatic heterocycles. The van der Waals surface area contributed by atoms with Crippen molar-refractivity contribution in [2.24, 2.45) is 0 Å². The van der Waals surface area contributed by atoms with Gasteiger partial charge in [0.15, 0.2) is 5.13 Å². The van der Waals surface area contributed by atoms with Crippen LogP contribution < -0.4 is 5.32 Å². The highest BCUT2D eigenvalue weighted by Crippen LogP contribution is 2.25. The van der Waals surface area contributed by atoms with Crippen molar-refractivity contribution < 1.29 is 13.2 Å². The number of amides is 1. The van der Waals surface area contributed by atoms with Crippen LogP contribution in [0.25, 0.3) is 0 Å². The van der Waals surface area contributed by atoms with E-state index in [2.05, 4.69) is 10.3 Å². The number of sulfonamides is 1. The molecule has 2 aromatic rings. The molecule has 0 spiro atoms. The van der Waals surface area contributed by atoms with Gasteiger partial charge < -0.3 is 10.2 Å². The number of benzene rings is 1. The summed E-state index contributed by atoms with van der Waals surface area (Å²) in [5.41, 5.74) is 3.20. The Morgan fingerprint density at radius 3 is 2.24 bits per heavy atom. The molecule has 9 heteroatoms. The summed E-state index contributed by atoms with van der Waals surface area (Å²) < 4.78 is 28.2. The summed E-state index contributed by atoms with van der Waals surface area (Å²) >= 11 is 1.32. The van der Waals surface area contributed by atoms with E-state index in [1.165, 1.54) is 15.6 Å². The van der Waals surface area contributed by atoms with E-state index in [0.717, 1.165) is 17.8 Å². The Labute approximate surface area is 177 Å². The number of nitrogens with zero attached hydrogens (tertiary/aromatic N) is 3. The van der Waals surface area contributed by atoms with E-state index >= 15 is 0 Å². The van der Waals surface area contributed by atoms with Crippen LogP contribution in [0.4, 0.5) is 5.13 Å². The van der Waals surface area contributed by atoms with E-state index in [1.807, 2.05) is 50.4 Å². The number of thiazole rings is 1. The van der Waals surface area contributed by atoms with Crippen molar-refractivity contribution in [3.05, 3.63) is 39.9 Å². The predicted molar refractivity (Wildman–Crippen MR) is 118 cm³/mol. The first kappa shape index (κ1) is 23.5. The van der Waals surface area contributed by atoms with E-state index in [4.69, 9.17) is 0 Å². The third kappa shape index (κ3) is 6.33. The van der Waals surface area contributed by atoms with Crippen LogP contribution in [0.3, 0.4) is 0 Å². The number of carbonyl (C=O) groups excluding carboxylic acids is 1. The molecule has 0 aliphatic heterocycles. The molecule has 1 amide bonds. The lowest BCUT2D eigenvalue weighted by Gasteiger charge is -2.24. The number of aromatic nitrogens is 1. The molecule has 1 N–H and O–H groups in total. The molecule has 0 fully saturated rings. The van der Waals surface area contributed by atoms with Gasteiger partial charge in [-0.25, -0.2) is 13.4 Å². The lowest BCUT2D eigenvalue weighted by Crippen LogP contribution is -2.40. The fraction of sp³-hybridized carbons (Fsp3) is 0.500. The van der Waals surface area contributed by atoms with Crippen LogP contribution in [0.15, 0.2) is 22.4 Å². The van der Waals surface area contributed by atoms with Crippen LogP contribution in [0, 0.1) is 27.7 Å².